The highest BCUT2D eigenvalue weighted by molar-refractivity contribution is 7.89. The van der Waals surface area contributed by atoms with Gasteiger partial charge in [-0.15, -0.1) is 0 Å². The van der Waals surface area contributed by atoms with Gasteiger partial charge in [0, 0.05) is 30.3 Å². The van der Waals surface area contributed by atoms with Crippen LogP contribution in [0.1, 0.15) is 48.2 Å². The van der Waals surface area contributed by atoms with Gasteiger partial charge in [-0.2, -0.15) is 0 Å². The number of amides is 1. The number of rotatable bonds is 3. The van der Waals surface area contributed by atoms with E-state index in [0.717, 1.165) is 62.0 Å². The Kier molecular flexibility index (Phi) is 3.88. The molecule has 24 heavy (non-hydrogen) atoms. The van der Waals surface area contributed by atoms with Crippen molar-refractivity contribution in [2.24, 2.45) is 11.1 Å². The Hall–Kier alpha value is -1.47. The first-order valence-electron chi connectivity index (χ1n) is 8.77. The Balaban J connectivity index is 1.74. The maximum atomic E-state index is 12.6. The van der Waals surface area contributed by atoms with E-state index in [-0.39, 0.29) is 24.0 Å². The van der Waals surface area contributed by atoms with Crippen LogP contribution in [-0.4, -0.2) is 31.6 Å². The van der Waals surface area contributed by atoms with E-state index >= 15 is 0 Å². The van der Waals surface area contributed by atoms with E-state index in [4.69, 9.17) is 10.1 Å². The molecule has 1 atom stereocenters. The predicted octanol–water partition coefficient (Wildman–Crippen LogP) is 1.09. The number of aromatic nitrogens is 1. The molecule has 0 radical (unpaired) electrons. The first-order chi connectivity index (χ1) is 11.4. The van der Waals surface area contributed by atoms with Crippen LogP contribution in [0.2, 0.25) is 0 Å². The quantitative estimate of drug-likeness (QED) is 0.884. The molecule has 1 aromatic rings. The summed E-state index contributed by atoms with van der Waals surface area (Å²) in [4.78, 5) is 19.3. The van der Waals surface area contributed by atoms with Crippen LogP contribution in [0.25, 0.3) is 0 Å². The zero-order valence-corrected chi connectivity index (χ0v) is 14.6. The summed E-state index contributed by atoms with van der Waals surface area (Å²) in [5.41, 5.74) is 5.81. The van der Waals surface area contributed by atoms with Crippen LogP contribution in [0.5, 0.6) is 0 Å². The highest BCUT2D eigenvalue weighted by Gasteiger charge is 2.37. The van der Waals surface area contributed by atoms with Crippen LogP contribution >= 0.6 is 0 Å². The van der Waals surface area contributed by atoms with E-state index in [0.29, 0.717) is 6.54 Å². The number of hydrogen-bond acceptors (Lipinski definition) is 4. The van der Waals surface area contributed by atoms with Crippen LogP contribution in [0.4, 0.5) is 5.69 Å². The minimum Gasteiger partial charge on any atom is -0.311 e. The summed E-state index contributed by atoms with van der Waals surface area (Å²) < 4.78 is 22.8. The molecule has 6 nitrogen and oxygen atoms in total. The van der Waals surface area contributed by atoms with E-state index in [9.17, 15) is 13.2 Å². The molecule has 0 saturated carbocycles. The maximum absolute atomic E-state index is 12.6. The standard InChI is InChI=1S/C17H23N3O3S/c18-24(22,23)10-11-8-16(21)20(9-11)17-12-4-1-2-6-14(12)19-15-7-3-5-13(15)17/h11H,1-10H2,(H2,18,22,23). The van der Waals surface area contributed by atoms with Crippen molar-refractivity contribution in [3.8, 4) is 0 Å². The van der Waals surface area contributed by atoms with Gasteiger partial charge < -0.3 is 4.90 Å². The van der Waals surface area contributed by atoms with Crippen molar-refractivity contribution in [3.05, 3.63) is 22.5 Å². The lowest BCUT2D eigenvalue weighted by Crippen LogP contribution is -2.30. The van der Waals surface area contributed by atoms with Crippen LogP contribution < -0.4 is 10.0 Å². The maximum Gasteiger partial charge on any atom is 0.227 e. The number of aryl methyl sites for hydroxylation is 2. The molecule has 130 valence electrons. The number of pyridine rings is 1. The van der Waals surface area contributed by atoms with Gasteiger partial charge in [-0.05, 0) is 56.1 Å². The van der Waals surface area contributed by atoms with Gasteiger partial charge in [0.25, 0.3) is 0 Å². The minimum atomic E-state index is -3.56. The first kappa shape index (κ1) is 16.0. The summed E-state index contributed by atoms with van der Waals surface area (Å²) in [6.45, 7) is 0.457. The number of nitrogens with zero attached hydrogens (tertiary/aromatic N) is 2. The normalized spacial score (nSPS) is 23.5. The summed E-state index contributed by atoms with van der Waals surface area (Å²) in [5.74, 6) is -0.307. The summed E-state index contributed by atoms with van der Waals surface area (Å²) >= 11 is 0. The summed E-state index contributed by atoms with van der Waals surface area (Å²) in [5, 5.41) is 5.18. The number of primary sulfonamides is 1. The third-order valence-electron chi connectivity index (χ3n) is 5.41. The van der Waals surface area contributed by atoms with E-state index < -0.39 is 10.0 Å². The molecule has 1 amide bonds. The zero-order chi connectivity index (χ0) is 16.9. The second-order valence-corrected chi connectivity index (χ2v) is 8.93. The summed E-state index contributed by atoms with van der Waals surface area (Å²) in [6.07, 6.45) is 7.53. The van der Waals surface area contributed by atoms with Crippen molar-refractivity contribution in [1.82, 2.24) is 4.98 Å². The molecular formula is C17H23N3O3S. The fraction of sp³-hybridized carbons (Fsp3) is 0.647. The van der Waals surface area contributed by atoms with Gasteiger partial charge in [0.15, 0.2) is 0 Å². The average molecular weight is 349 g/mol. The molecule has 2 N–H and O–H groups in total. The van der Waals surface area contributed by atoms with Gasteiger partial charge in [-0.1, -0.05) is 0 Å². The molecule has 3 aliphatic rings. The third-order valence-corrected chi connectivity index (χ3v) is 6.35. The smallest absolute Gasteiger partial charge is 0.227 e. The lowest BCUT2D eigenvalue weighted by Gasteiger charge is -2.27. The van der Waals surface area contributed by atoms with E-state index in [1.54, 1.807) is 0 Å². The Labute approximate surface area is 142 Å². The molecule has 0 bridgehead atoms. The summed E-state index contributed by atoms with van der Waals surface area (Å²) in [6, 6.07) is 0. The van der Waals surface area contributed by atoms with Gasteiger partial charge in [0.2, 0.25) is 15.9 Å². The topological polar surface area (TPSA) is 93.4 Å². The molecule has 1 fully saturated rings. The van der Waals surface area contributed by atoms with E-state index in [2.05, 4.69) is 0 Å². The number of carbonyl (C=O) groups excluding carboxylic acids is 1. The molecule has 2 aliphatic carbocycles. The van der Waals surface area contributed by atoms with Crippen LogP contribution in [-0.2, 0) is 40.5 Å². The SMILES string of the molecule is NS(=O)(=O)CC1CC(=O)N(c2c3c(nc4c2CCC4)CCCC3)C1. The lowest BCUT2D eigenvalue weighted by atomic mass is 9.91. The first-order valence-corrected chi connectivity index (χ1v) is 10.5. The Morgan fingerprint density at radius 1 is 1.04 bits per heavy atom. The van der Waals surface area contributed by atoms with E-state index in [1.165, 1.54) is 11.1 Å². The molecule has 1 unspecified atom stereocenters. The molecule has 0 spiro atoms. The molecule has 1 aliphatic heterocycles. The van der Waals surface area contributed by atoms with Crippen molar-refractivity contribution in [2.75, 3.05) is 17.2 Å². The Bertz CT molecular complexity index is 804. The summed E-state index contributed by atoms with van der Waals surface area (Å²) in [7, 11) is -3.56. The van der Waals surface area contributed by atoms with Crippen LogP contribution in [0, 0.1) is 5.92 Å². The molecule has 1 saturated heterocycles. The van der Waals surface area contributed by atoms with Crippen molar-refractivity contribution in [3.63, 3.8) is 0 Å². The average Bonchev–Trinajstić information content (AvgIpc) is 3.09. The number of hydrogen-bond donors (Lipinski definition) is 1. The largest absolute Gasteiger partial charge is 0.311 e. The number of nitrogens with two attached hydrogens (primary N) is 1. The van der Waals surface area contributed by atoms with Gasteiger partial charge in [0.1, 0.15) is 0 Å². The zero-order valence-electron chi connectivity index (χ0n) is 13.8. The molecule has 4 rings (SSSR count). The fourth-order valence-corrected chi connectivity index (χ4v) is 5.36. The van der Waals surface area contributed by atoms with Gasteiger partial charge in [-0.3, -0.25) is 9.78 Å². The van der Waals surface area contributed by atoms with Crippen molar-refractivity contribution >= 4 is 21.6 Å². The lowest BCUT2D eigenvalue weighted by molar-refractivity contribution is -0.117. The molecule has 7 heteroatoms. The van der Waals surface area contributed by atoms with Crippen molar-refractivity contribution in [1.29, 1.82) is 0 Å². The van der Waals surface area contributed by atoms with E-state index in [1.807, 2.05) is 4.90 Å². The second-order valence-electron chi connectivity index (χ2n) is 7.28. The number of anilines is 1. The predicted molar refractivity (Wildman–Crippen MR) is 91.3 cm³/mol. The Morgan fingerprint density at radius 2 is 1.67 bits per heavy atom. The van der Waals surface area contributed by atoms with Gasteiger partial charge in [-0.25, -0.2) is 13.6 Å². The van der Waals surface area contributed by atoms with Crippen molar-refractivity contribution in [2.45, 2.75) is 51.4 Å². The van der Waals surface area contributed by atoms with Crippen LogP contribution in [0.3, 0.4) is 0 Å². The molecular weight excluding hydrogens is 326 g/mol. The number of sulfonamides is 1. The number of carbonyl (C=O) groups is 1. The number of fused-ring (bicyclic) bond motifs is 2. The van der Waals surface area contributed by atoms with Crippen molar-refractivity contribution < 1.29 is 13.2 Å². The van der Waals surface area contributed by atoms with Gasteiger partial charge >= 0.3 is 0 Å². The fourth-order valence-electron chi connectivity index (χ4n) is 4.48. The highest BCUT2D eigenvalue weighted by Crippen LogP contribution is 2.40. The molecule has 2 heterocycles. The Morgan fingerprint density at radius 3 is 2.38 bits per heavy atom. The van der Waals surface area contributed by atoms with Gasteiger partial charge in [0.05, 0.1) is 11.4 Å². The molecule has 1 aromatic heterocycles. The monoisotopic (exact) mass is 349 g/mol. The highest BCUT2D eigenvalue weighted by atomic mass is 32.2. The molecule has 0 aromatic carbocycles. The third kappa shape index (κ3) is 2.84. The minimum absolute atomic E-state index is 0.0247. The van der Waals surface area contributed by atoms with Crippen LogP contribution in [0.15, 0.2) is 0 Å². The second kappa shape index (κ2) is 5.81.